The summed E-state index contributed by atoms with van der Waals surface area (Å²) in [5, 5.41) is 20.0. The second-order valence-corrected chi connectivity index (χ2v) is 21.3. The molecular formula is C49H76O2. The van der Waals surface area contributed by atoms with Crippen molar-refractivity contribution in [1.29, 1.82) is 0 Å². The topological polar surface area (TPSA) is 40.5 Å². The number of hydrogen-bond acceptors (Lipinski definition) is 2. The van der Waals surface area contributed by atoms with E-state index < -0.39 is 0 Å². The third-order valence-electron chi connectivity index (χ3n) is 16.4. The molecule has 0 fully saturated rings. The molecule has 2 heteroatoms. The molecule has 0 radical (unpaired) electrons. The highest BCUT2D eigenvalue weighted by molar-refractivity contribution is 5.38. The Balaban J connectivity index is 2.05. The molecule has 1 atom stereocenters. The van der Waals surface area contributed by atoms with E-state index in [1.807, 2.05) is 24.3 Å². The summed E-state index contributed by atoms with van der Waals surface area (Å²) < 4.78 is 0. The molecule has 2 nitrogen and oxygen atoms in total. The maximum Gasteiger partial charge on any atom is 0.115 e. The van der Waals surface area contributed by atoms with Gasteiger partial charge in [-0.05, 0) is 114 Å². The van der Waals surface area contributed by atoms with E-state index >= 15 is 0 Å². The standard InChI is InChI=1S/C49H76O2/c1-34(2)32-49(19,42(5,6)33-41(3,4)35-24-28-39(50)29-25-35)45(11,12)38-22-20-36(21-23-38)43(7,8)46(13,14)48(17,18)47(15,16)44(9,10)37-26-30-40(51)31-27-37/h20-31,34,50-51H,32-33H2,1-19H3. The Morgan fingerprint density at radius 1 is 0.412 bits per heavy atom. The predicted octanol–water partition coefficient (Wildman–Crippen LogP) is 14.2. The third-order valence-corrected chi connectivity index (χ3v) is 16.4. The summed E-state index contributed by atoms with van der Waals surface area (Å²) in [5.74, 6) is 1.19. The van der Waals surface area contributed by atoms with Crippen LogP contribution < -0.4 is 0 Å². The number of rotatable bonds is 14. The molecule has 0 saturated heterocycles. The van der Waals surface area contributed by atoms with Crippen molar-refractivity contribution in [3.05, 3.63) is 95.1 Å². The van der Waals surface area contributed by atoms with Crippen LogP contribution in [0.1, 0.15) is 167 Å². The average Bonchev–Trinajstić information content (AvgIpc) is 3.00. The molecule has 0 aromatic heterocycles. The molecule has 284 valence electrons. The van der Waals surface area contributed by atoms with Crippen LogP contribution in [0.5, 0.6) is 11.5 Å². The molecule has 0 aliphatic heterocycles. The molecule has 0 bridgehead atoms. The van der Waals surface area contributed by atoms with Crippen LogP contribution in [-0.2, 0) is 21.7 Å². The SMILES string of the molecule is CC(C)CC(C)(C(C)(C)CC(C)(C)c1ccc(O)cc1)C(C)(C)c1ccc(C(C)(C)C(C)(C)C(C)(C)C(C)(C)C(C)(C)c2ccc(O)cc2)cc1. The summed E-state index contributed by atoms with van der Waals surface area (Å²) in [6.45, 7) is 46.3. The highest BCUT2D eigenvalue weighted by Gasteiger charge is 2.60. The second kappa shape index (κ2) is 13.6. The van der Waals surface area contributed by atoms with E-state index in [2.05, 4.69) is 180 Å². The first kappa shape index (κ1) is 42.7. The fourth-order valence-corrected chi connectivity index (χ4v) is 10.1. The molecule has 3 aromatic rings. The van der Waals surface area contributed by atoms with Gasteiger partial charge in [-0.2, -0.15) is 0 Å². The average molecular weight is 697 g/mol. The summed E-state index contributed by atoms with van der Waals surface area (Å²) in [6.07, 6.45) is 2.15. The van der Waals surface area contributed by atoms with Gasteiger partial charge < -0.3 is 10.2 Å². The number of benzene rings is 3. The van der Waals surface area contributed by atoms with Gasteiger partial charge >= 0.3 is 0 Å². The van der Waals surface area contributed by atoms with Crippen LogP contribution >= 0.6 is 0 Å². The van der Waals surface area contributed by atoms with Crippen molar-refractivity contribution in [2.45, 2.75) is 166 Å². The summed E-state index contributed by atoms with van der Waals surface area (Å²) >= 11 is 0. The van der Waals surface area contributed by atoms with Crippen molar-refractivity contribution in [3.8, 4) is 11.5 Å². The van der Waals surface area contributed by atoms with Gasteiger partial charge in [0.1, 0.15) is 11.5 Å². The first-order valence-corrected chi connectivity index (χ1v) is 19.5. The molecule has 0 spiro atoms. The first-order valence-electron chi connectivity index (χ1n) is 19.5. The lowest BCUT2D eigenvalue weighted by Crippen LogP contribution is -2.58. The van der Waals surface area contributed by atoms with Gasteiger partial charge in [-0.25, -0.2) is 0 Å². The van der Waals surface area contributed by atoms with E-state index in [0.717, 1.165) is 12.8 Å². The highest BCUT2D eigenvalue weighted by atomic mass is 16.3. The van der Waals surface area contributed by atoms with Gasteiger partial charge in [0.05, 0.1) is 0 Å². The van der Waals surface area contributed by atoms with E-state index in [-0.39, 0.29) is 48.7 Å². The second-order valence-electron chi connectivity index (χ2n) is 21.3. The lowest BCUT2D eigenvalue weighted by Gasteiger charge is -2.63. The smallest absolute Gasteiger partial charge is 0.115 e. The Morgan fingerprint density at radius 3 is 1.04 bits per heavy atom. The minimum atomic E-state index is -0.143. The van der Waals surface area contributed by atoms with Crippen LogP contribution in [0.2, 0.25) is 0 Å². The maximum atomic E-state index is 10.0. The molecule has 0 aliphatic carbocycles. The van der Waals surface area contributed by atoms with Crippen molar-refractivity contribution in [2.75, 3.05) is 0 Å². The fourth-order valence-electron chi connectivity index (χ4n) is 10.1. The van der Waals surface area contributed by atoms with Crippen molar-refractivity contribution >= 4 is 0 Å². The zero-order chi connectivity index (χ0) is 39.4. The van der Waals surface area contributed by atoms with Crippen LogP contribution in [0.15, 0.2) is 72.8 Å². The third kappa shape index (κ3) is 7.16. The number of aromatic hydroxyl groups is 2. The van der Waals surface area contributed by atoms with E-state index in [1.165, 1.54) is 22.3 Å². The summed E-state index contributed by atoms with van der Waals surface area (Å²) in [5.41, 5.74) is 4.57. The molecule has 1 unspecified atom stereocenters. The molecule has 3 rings (SSSR count). The summed E-state index contributed by atoms with van der Waals surface area (Å²) in [6, 6.07) is 25.4. The van der Waals surface area contributed by atoms with Crippen LogP contribution in [0.3, 0.4) is 0 Å². The Labute approximate surface area is 314 Å². The lowest BCUT2D eigenvalue weighted by atomic mass is 9.41. The molecule has 0 aliphatic rings. The van der Waals surface area contributed by atoms with Crippen molar-refractivity contribution in [3.63, 3.8) is 0 Å². The Bertz CT molecular complexity index is 1610. The Kier molecular flexibility index (Phi) is 11.4. The van der Waals surface area contributed by atoms with Crippen LogP contribution in [0, 0.1) is 33.0 Å². The molecule has 0 saturated carbocycles. The van der Waals surface area contributed by atoms with Crippen molar-refractivity contribution in [2.24, 2.45) is 33.0 Å². The van der Waals surface area contributed by atoms with Gasteiger partial charge in [0.25, 0.3) is 0 Å². The van der Waals surface area contributed by atoms with Crippen LogP contribution in [0.25, 0.3) is 0 Å². The largest absolute Gasteiger partial charge is 0.508 e. The van der Waals surface area contributed by atoms with E-state index in [4.69, 9.17) is 0 Å². The van der Waals surface area contributed by atoms with Crippen molar-refractivity contribution in [1.82, 2.24) is 0 Å². The molecule has 51 heavy (non-hydrogen) atoms. The Hall–Kier alpha value is -2.74. The van der Waals surface area contributed by atoms with Gasteiger partial charge in [0.2, 0.25) is 0 Å². The van der Waals surface area contributed by atoms with Crippen LogP contribution in [0.4, 0.5) is 0 Å². The normalized spacial score (nSPS) is 15.6. The number of phenolic OH excluding ortho intramolecular Hbond substituents is 2. The van der Waals surface area contributed by atoms with Gasteiger partial charge in [-0.1, -0.05) is 180 Å². The molecule has 0 heterocycles. The molecule has 0 amide bonds. The van der Waals surface area contributed by atoms with Gasteiger partial charge in [0.15, 0.2) is 0 Å². The van der Waals surface area contributed by atoms with Gasteiger partial charge in [0, 0.05) is 0 Å². The predicted molar refractivity (Wildman–Crippen MR) is 222 cm³/mol. The fraction of sp³-hybridized carbons (Fsp3) is 0.633. The zero-order valence-electron chi connectivity index (χ0n) is 36.3. The molecular weight excluding hydrogens is 621 g/mol. The quantitative estimate of drug-likeness (QED) is 0.176. The zero-order valence-corrected chi connectivity index (χ0v) is 36.3. The van der Waals surface area contributed by atoms with Gasteiger partial charge in [-0.3, -0.25) is 0 Å². The molecule has 3 aromatic carbocycles. The molecule has 2 N–H and O–H groups in total. The van der Waals surface area contributed by atoms with E-state index in [9.17, 15) is 10.2 Å². The van der Waals surface area contributed by atoms with Gasteiger partial charge in [-0.15, -0.1) is 0 Å². The minimum absolute atomic E-state index is 0.00198. The van der Waals surface area contributed by atoms with E-state index in [1.54, 1.807) is 0 Å². The maximum absolute atomic E-state index is 10.0. The summed E-state index contributed by atoms with van der Waals surface area (Å²) in [7, 11) is 0. The number of phenols is 2. The highest BCUT2D eigenvalue weighted by Crippen LogP contribution is 2.65. The van der Waals surface area contributed by atoms with Crippen LogP contribution in [-0.4, -0.2) is 10.2 Å². The Morgan fingerprint density at radius 2 is 0.706 bits per heavy atom. The minimum Gasteiger partial charge on any atom is -0.508 e. The first-order chi connectivity index (χ1) is 22.8. The number of hydrogen-bond donors (Lipinski definition) is 2. The van der Waals surface area contributed by atoms with Crippen molar-refractivity contribution < 1.29 is 10.2 Å². The monoisotopic (exact) mass is 697 g/mol. The lowest BCUT2D eigenvalue weighted by molar-refractivity contribution is -0.0968. The summed E-state index contributed by atoms with van der Waals surface area (Å²) in [4.78, 5) is 0. The van der Waals surface area contributed by atoms with E-state index in [0.29, 0.717) is 17.4 Å².